The predicted octanol–water partition coefficient (Wildman–Crippen LogP) is 4.38. The van der Waals surface area contributed by atoms with Crippen LogP contribution < -0.4 is 16.4 Å². The Bertz CT molecular complexity index is 1510. The maximum Gasteiger partial charge on any atom is 0.253 e. The number of carbonyl (C=O) groups excluding carboxylic acids is 3. The molecule has 0 bridgehead atoms. The number of nitrogens with zero attached hydrogens (tertiary/aromatic N) is 1. The largest absolute Gasteiger partial charge is 0.395 e. The van der Waals surface area contributed by atoms with Crippen molar-refractivity contribution >= 4 is 34.3 Å². The first-order valence-corrected chi connectivity index (χ1v) is 13.6. The number of aliphatic hydroxyl groups is 1. The summed E-state index contributed by atoms with van der Waals surface area (Å²) in [4.78, 5) is 37.8. The Morgan fingerprint density at radius 1 is 1.10 bits per heavy atom. The summed E-state index contributed by atoms with van der Waals surface area (Å²) in [5, 5.41) is 15.6. The Kier molecular flexibility index (Phi) is 7.39. The maximum absolute atomic E-state index is 15.6. The molecule has 212 valence electrons. The summed E-state index contributed by atoms with van der Waals surface area (Å²) in [6.07, 6.45) is 3.26. The number of hydrogen-bond acceptors (Lipinski definition) is 5. The average Bonchev–Trinajstić information content (AvgIpc) is 3.19. The molecule has 40 heavy (non-hydrogen) atoms. The van der Waals surface area contributed by atoms with Crippen molar-refractivity contribution in [1.29, 1.82) is 0 Å². The van der Waals surface area contributed by atoms with E-state index in [0.29, 0.717) is 66.2 Å². The van der Waals surface area contributed by atoms with Crippen molar-refractivity contribution in [2.45, 2.75) is 58.4 Å². The highest BCUT2D eigenvalue weighted by molar-refractivity contribution is 6.06. The van der Waals surface area contributed by atoms with Gasteiger partial charge in [0.1, 0.15) is 11.6 Å². The van der Waals surface area contributed by atoms with E-state index in [1.54, 1.807) is 12.1 Å². The number of carbonyl (C=O) groups is 3. The zero-order valence-corrected chi connectivity index (χ0v) is 22.7. The van der Waals surface area contributed by atoms with Crippen LogP contribution >= 0.6 is 0 Å². The lowest BCUT2D eigenvalue weighted by Crippen LogP contribution is -2.37. The van der Waals surface area contributed by atoms with Gasteiger partial charge >= 0.3 is 0 Å². The molecule has 1 aliphatic carbocycles. The SMILES string of the molecule is CC1(C)CC(=O)n2c(c(-c3cc(F)c(C(N)=O)c(NC4CCC(C(=O)NCCO)CC4)c3)c3ccc(F)cc32)C1. The van der Waals surface area contributed by atoms with Gasteiger partial charge in [-0.2, -0.15) is 0 Å². The molecule has 5 N–H and O–H groups in total. The van der Waals surface area contributed by atoms with Crippen LogP contribution in [0.25, 0.3) is 22.0 Å². The molecule has 2 aliphatic rings. The Hall–Kier alpha value is -3.79. The molecule has 8 nitrogen and oxygen atoms in total. The lowest BCUT2D eigenvalue weighted by atomic mass is 9.80. The number of primary amides is 1. The van der Waals surface area contributed by atoms with Crippen molar-refractivity contribution in [2.75, 3.05) is 18.5 Å². The number of nitrogens with one attached hydrogen (secondary N) is 2. The minimum atomic E-state index is -0.911. The van der Waals surface area contributed by atoms with E-state index in [9.17, 15) is 18.8 Å². The Morgan fingerprint density at radius 3 is 2.50 bits per heavy atom. The van der Waals surface area contributed by atoms with Crippen LogP contribution in [0.2, 0.25) is 0 Å². The number of fused-ring (bicyclic) bond motifs is 3. The van der Waals surface area contributed by atoms with Crippen LogP contribution in [0.4, 0.5) is 14.5 Å². The van der Waals surface area contributed by atoms with Gasteiger partial charge in [-0.1, -0.05) is 13.8 Å². The van der Waals surface area contributed by atoms with Crippen LogP contribution in [-0.4, -0.2) is 46.6 Å². The second-order valence-electron chi connectivity index (χ2n) is 11.7. The molecule has 5 rings (SSSR count). The number of halogens is 2. The van der Waals surface area contributed by atoms with Gasteiger partial charge in [0.05, 0.1) is 23.4 Å². The minimum absolute atomic E-state index is 0.0994. The molecule has 0 unspecified atom stereocenters. The van der Waals surface area contributed by atoms with Crippen LogP contribution in [-0.2, 0) is 11.2 Å². The molecular formula is C30H34F2N4O4. The van der Waals surface area contributed by atoms with Crippen LogP contribution in [0.15, 0.2) is 30.3 Å². The fourth-order valence-corrected chi connectivity index (χ4v) is 6.25. The second kappa shape index (κ2) is 10.6. The van der Waals surface area contributed by atoms with Gasteiger partial charge in [-0.3, -0.25) is 19.0 Å². The first kappa shape index (κ1) is 27.8. The van der Waals surface area contributed by atoms with Crippen molar-refractivity contribution < 1.29 is 28.3 Å². The fraction of sp³-hybridized carbons (Fsp3) is 0.433. The molecule has 2 aromatic carbocycles. The van der Waals surface area contributed by atoms with Gasteiger partial charge in [0.15, 0.2) is 0 Å². The molecule has 1 aromatic heterocycles. The number of aromatic nitrogens is 1. The van der Waals surface area contributed by atoms with Crippen LogP contribution in [0.1, 0.15) is 66.8 Å². The summed E-state index contributed by atoms with van der Waals surface area (Å²) in [7, 11) is 0. The zero-order chi connectivity index (χ0) is 28.8. The van der Waals surface area contributed by atoms with Gasteiger partial charge in [0.2, 0.25) is 11.8 Å². The first-order valence-electron chi connectivity index (χ1n) is 13.6. The molecule has 10 heteroatoms. The van der Waals surface area contributed by atoms with Gasteiger partial charge in [-0.05, 0) is 73.4 Å². The molecular weight excluding hydrogens is 518 g/mol. The molecule has 0 saturated heterocycles. The molecule has 2 amide bonds. The van der Waals surface area contributed by atoms with E-state index in [2.05, 4.69) is 10.6 Å². The van der Waals surface area contributed by atoms with Gasteiger partial charge < -0.3 is 21.5 Å². The minimum Gasteiger partial charge on any atom is -0.395 e. The summed E-state index contributed by atoms with van der Waals surface area (Å²) in [5.41, 5.74) is 7.41. The van der Waals surface area contributed by atoms with E-state index in [4.69, 9.17) is 10.8 Å². The smallest absolute Gasteiger partial charge is 0.253 e. The second-order valence-corrected chi connectivity index (χ2v) is 11.7. The van der Waals surface area contributed by atoms with Gasteiger partial charge in [-0.25, -0.2) is 8.78 Å². The third kappa shape index (κ3) is 5.20. The first-order chi connectivity index (χ1) is 19.0. The standard InChI is InChI=1S/C30H34F2N4O4/c1-30(2)14-24-26(20-8-5-18(31)13-23(20)36(24)25(38)15-30)17-11-21(32)27(28(33)39)22(12-17)35-19-6-3-16(4-7-19)29(40)34-9-10-37/h5,8,11-13,16,19,35,37H,3-4,6-7,9-10,14-15H2,1-2H3,(H2,33,39)(H,34,40). The highest BCUT2D eigenvalue weighted by atomic mass is 19.1. The topological polar surface area (TPSA) is 126 Å². The molecule has 0 atom stereocenters. The Balaban J connectivity index is 1.54. The average molecular weight is 553 g/mol. The summed E-state index contributed by atoms with van der Waals surface area (Å²) in [6, 6.07) is 7.04. The number of aliphatic hydroxyl groups excluding tert-OH is 1. The highest BCUT2D eigenvalue weighted by Crippen LogP contribution is 2.44. The zero-order valence-electron chi connectivity index (χ0n) is 22.7. The monoisotopic (exact) mass is 552 g/mol. The number of nitrogens with two attached hydrogens (primary N) is 1. The molecule has 1 fully saturated rings. The quantitative estimate of drug-likeness (QED) is 0.346. The predicted molar refractivity (Wildman–Crippen MR) is 148 cm³/mol. The maximum atomic E-state index is 15.6. The molecule has 0 radical (unpaired) electrons. The van der Waals surface area contributed by atoms with Crippen molar-refractivity contribution in [2.24, 2.45) is 17.1 Å². The summed E-state index contributed by atoms with van der Waals surface area (Å²) < 4.78 is 31.4. The summed E-state index contributed by atoms with van der Waals surface area (Å²) >= 11 is 0. The van der Waals surface area contributed by atoms with Gasteiger partial charge in [0, 0.05) is 41.6 Å². The number of benzene rings is 2. The summed E-state index contributed by atoms with van der Waals surface area (Å²) in [5.74, 6) is -2.61. The van der Waals surface area contributed by atoms with Crippen molar-refractivity contribution in [3.63, 3.8) is 0 Å². The molecule has 1 aliphatic heterocycles. The normalized spacial score (nSPS) is 20.3. The third-order valence-electron chi connectivity index (χ3n) is 8.05. The van der Waals surface area contributed by atoms with Crippen molar-refractivity contribution in [1.82, 2.24) is 9.88 Å². The van der Waals surface area contributed by atoms with E-state index < -0.39 is 17.5 Å². The number of rotatable bonds is 7. The fourth-order valence-electron chi connectivity index (χ4n) is 6.25. The van der Waals surface area contributed by atoms with E-state index in [0.717, 1.165) is 0 Å². The third-order valence-corrected chi connectivity index (χ3v) is 8.05. The number of amides is 2. The van der Waals surface area contributed by atoms with Crippen LogP contribution in [0.5, 0.6) is 0 Å². The van der Waals surface area contributed by atoms with Gasteiger partial charge in [-0.15, -0.1) is 0 Å². The van der Waals surface area contributed by atoms with Crippen molar-refractivity contribution in [3.8, 4) is 11.1 Å². The van der Waals surface area contributed by atoms with Gasteiger partial charge in [0.25, 0.3) is 5.91 Å². The van der Waals surface area contributed by atoms with E-state index in [1.165, 1.54) is 22.8 Å². The van der Waals surface area contributed by atoms with E-state index in [-0.39, 0.29) is 53.6 Å². The lowest BCUT2D eigenvalue weighted by molar-refractivity contribution is -0.126. The number of anilines is 1. The Labute approximate surface area is 230 Å². The van der Waals surface area contributed by atoms with Crippen LogP contribution in [0, 0.1) is 23.0 Å². The van der Waals surface area contributed by atoms with Crippen molar-refractivity contribution in [3.05, 3.63) is 53.2 Å². The van der Waals surface area contributed by atoms with E-state index in [1.807, 2.05) is 13.8 Å². The molecule has 0 spiro atoms. The highest BCUT2D eigenvalue weighted by Gasteiger charge is 2.36. The summed E-state index contributed by atoms with van der Waals surface area (Å²) in [6.45, 7) is 4.06. The number of hydrogen-bond donors (Lipinski definition) is 4. The van der Waals surface area contributed by atoms with E-state index >= 15 is 4.39 Å². The lowest BCUT2D eigenvalue weighted by Gasteiger charge is -2.31. The molecule has 2 heterocycles. The molecule has 1 saturated carbocycles. The Morgan fingerprint density at radius 2 is 1.82 bits per heavy atom. The molecule has 3 aromatic rings. The van der Waals surface area contributed by atoms with Crippen LogP contribution in [0.3, 0.4) is 0 Å².